The van der Waals surface area contributed by atoms with Crippen LogP contribution in [0.5, 0.6) is 5.75 Å². The van der Waals surface area contributed by atoms with Crippen LogP contribution >= 0.6 is 0 Å². The van der Waals surface area contributed by atoms with Crippen LogP contribution in [0, 0.1) is 5.82 Å². The van der Waals surface area contributed by atoms with E-state index in [1.165, 1.54) is 13.2 Å². The Balaban J connectivity index is 1.75. The minimum Gasteiger partial charge on any atom is -0.494 e. The molecule has 2 saturated heterocycles. The number of rotatable bonds is 4. The van der Waals surface area contributed by atoms with E-state index < -0.39 is 5.82 Å². The molecule has 1 atom stereocenters. The fraction of sp³-hybridized carbons (Fsp3) is 0.611. The number of carbonyl (C=O) groups is 1. The Morgan fingerprint density at radius 2 is 2.08 bits per heavy atom. The number of amides is 1. The van der Waals surface area contributed by atoms with E-state index >= 15 is 0 Å². The summed E-state index contributed by atoms with van der Waals surface area (Å²) in [6.45, 7) is 4.79. The van der Waals surface area contributed by atoms with Gasteiger partial charge in [-0.25, -0.2) is 4.39 Å². The summed E-state index contributed by atoms with van der Waals surface area (Å²) in [7, 11) is 1.41. The van der Waals surface area contributed by atoms with Crippen molar-refractivity contribution >= 4 is 5.91 Å². The van der Waals surface area contributed by atoms with Crippen molar-refractivity contribution in [3.8, 4) is 5.75 Å². The molecule has 1 aromatic carbocycles. The monoisotopic (exact) mass is 336 g/mol. The fourth-order valence-electron chi connectivity index (χ4n) is 3.53. The maximum absolute atomic E-state index is 14.5. The van der Waals surface area contributed by atoms with Crippen molar-refractivity contribution < 1.29 is 18.7 Å². The van der Waals surface area contributed by atoms with Crippen LogP contribution in [0.15, 0.2) is 18.2 Å². The number of halogens is 1. The smallest absolute Gasteiger partial charge is 0.257 e. The lowest BCUT2D eigenvalue weighted by Gasteiger charge is -2.39. The highest BCUT2D eigenvalue weighted by Gasteiger charge is 2.31. The van der Waals surface area contributed by atoms with E-state index in [9.17, 15) is 9.18 Å². The van der Waals surface area contributed by atoms with Gasteiger partial charge in [0.15, 0.2) is 11.6 Å². The first kappa shape index (κ1) is 17.2. The molecule has 1 amide bonds. The van der Waals surface area contributed by atoms with Crippen LogP contribution < -0.4 is 4.74 Å². The van der Waals surface area contributed by atoms with Gasteiger partial charge in [-0.3, -0.25) is 9.69 Å². The molecule has 2 aliphatic heterocycles. The van der Waals surface area contributed by atoms with E-state index in [-0.39, 0.29) is 23.3 Å². The Morgan fingerprint density at radius 1 is 1.29 bits per heavy atom. The highest BCUT2D eigenvalue weighted by Crippen LogP contribution is 2.25. The van der Waals surface area contributed by atoms with E-state index in [2.05, 4.69) is 4.90 Å². The Hall–Kier alpha value is -1.66. The van der Waals surface area contributed by atoms with Crippen molar-refractivity contribution in [2.24, 2.45) is 0 Å². The summed E-state index contributed by atoms with van der Waals surface area (Å²) in [5, 5.41) is 0. The predicted octanol–water partition coefficient (Wildman–Crippen LogP) is 2.16. The molecule has 3 rings (SSSR count). The van der Waals surface area contributed by atoms with Crippen LogP contribution in [0.3, 0.4) is 0 Å². The summed E-state index contributed by atoms with van der Waals surface area (Å²) in [5.41, 5.74) is 0.100. The minimum atomic E-state index is -0.569. The van der Waals surface area contributed by atoms with Crippen molar-refractivity contribution in [3.63, 3.8) is 0 Å². The highest BCUT2D eigenvalue weighted by atomic mass is 19.1. The minimum absolute atomic E-state index is 0.100. The molecule has 0 aromatic heterocycles. The molecule has 0 N–H and O–H groups in total. The molecule has 1 aromatic rings. The number of morpholine rings is 1. The lowest BCUT2D eigenvalue weighted by atomic mass is 9.99. The summed E-state index contributed by atoms with van der Waals surface area (Å²) >= 11 is 0. The zero-order valence-corrected chi connectivity index (χ0v) is 14.2. The summed E-state index contributed by atoms with van der Waals surface area (Å²) in [6.07, 6.45) is 3.05. The third-order valence-electron chi connectivity index (χ3n) is 4.87. The van der Waals surface area contributed by atoms with Gasteiger partial charge in [-0.05, 0) is 31.4 Å². The third-order valence-corrected chi connectivity index (χ3v) is 4.87. The highest BCUT2D eigenvalue weighted by molar-refractivity contribution is 5.95. The van der Waals surface area contributed by atoms with Crippen molar-refractivity contribution in [1.29, 1.82) is 0 Å². The number of hydrogen-bond donors (Lipinski definition) is 0. The van der Waals surface area contributed by atoms with Crippen molar-refractivity contribution in [2.45, 2.75) is 25.3 Å². The molecule has 2 aliphatic rings. The van der Waals surface area contributed by atoms with Gasteiger partial charge in [-0.15, -0.1) is 0 Å². The van der Waals surface area contributed by atoms with Gasteiger partial charge in [-0.1, -0.05) is 6.07 Å². The van der Waals surface area contributed by atoms with E-state index in [0.717, 1.165) is 52.1 Å². The molecule has 5 nitrogen and oxygen atoms in total. The second-order valence-electron chi connectivity index (χ2n) is 6.38. The summed E-state index contributed by atoms with van der Waals surface area (Å²) in [5.74, 6) is -0.687. The van der Waals surface area contributed by atoms with E-state index in [1.807, 2.05) is 4.90 Å². The van der Waals surface area contributed by atoms with Crippen LogP contribution in [0.1, 0.15) is 29.6 Å². The number of piperidine rings is 1. The first-order chi connectivity index (χ1) is 11.7. The van der Waals surface area contributed by atoms with Gasteiger partial charge in [0.25, 0.3) is 5.91 Å². The fourth-order valence-corrected chi connectivity index (χ4v) is 3.53. The standard InChI is InChI=1S/C18H25FN2O3/c1-23-16-7-4-6-15(17(16)19)18(22)21-8-3-2-5-14(21)13-20-9-11-24-12-10-20/h4,6-7,14H,2-3,5,8-13H2,1H3. The van der Waals surface area contributed by atoms with Crippen LogP contribution in [-0.4, -0.2) is 68.3 Å². The van der Waals surface area contributed by atoms with Gasteiger partial charge in [0.2, 0.25) is 0 Å². The predicted molar refractivity (Wildman–Crippen MR) is 88.9 cm³/mol. The summed E-state index contributed by atoms with van der Waals surface area (Å²) in [6, 6.07) is 4.87. The molecule has 0 radical (unpaired) electrons. The molecule has 2 fully saturated rings. The molecular formula is C18H25FN2O3. The van der Waals surface area contributed by atoms with Gasteiger partial charge in [0.05, 0.1) is 25.9 Å². The number of benzene rings is 1. The van der Waals surface area contributed by atoms with E-state index in [1.54, 1.807) is 12.1 Å². The van der Waals surface area contributed by atoms with Crippen molar-refractivity contribution in [2.75, 3.05) is 46.5 Å². The largest absolute Gasteiger partial charge is 0.494 e. The van der Waals surface area contributed by atoms with Crippen LogP contribution in [-0.2, 0) is 4.74 Å². The Morgan fingerprint density at radius 3 is 2.83 bits per heavy atom. The lowest BCUT2D eigenvalue weighted by Crippen LogP contribution is -2.51. The quantitative estimate of drug-likeness (QED) is 0.845. The molecule has 6 heteroatoms. The Bertz CT molecular complexity index is 575. The second-order valence-corrected chi connectivity index (χ2v) is 6.38. The number of carbonyl (C=O) groups excluding carboxylic acids is 1. The average molecular weight is 336 g/mol. The molecular weight excluding hydrogens is 311 g/mol. The van der Waals surface area contributed by atoms with E-state index in [4.69, 9.17) is 9.47 Å². The van der Waals surface area contributed by atoms with Gasteiger partial charge < -0.3 is 14.4 Å². The number of hydrogen-bond acceptors (Lipinski definition) is 4. The molecule has 132 valence electrons. The summed E-state index contributed by atoms with van der Waals surface area (Å²) < 4.78 is 24.9. The van der Waals surface area contributed by atoms with Crippen molar-refractivity contribution in [1.82, 2.24) is 9.80 Å². The first-order valence-corrected chi connectivity index (χ1v) is 8.64. The molecule has 0 spiro atoms. The van der Waals surface area contributed by atoms with Gasteiger partial charge in [0, 0.05) is 32.2 Å². The maximum atomic E-state index is 14.5. The lowest BCUT2D eigenvalue weighted by molar-refractivity contribution is 0.0165. The summed E-state index contributed by atoms with van der Waals surface area (Å²) in [4.78, 5) is 17.1. The molecule has 0 aliphatic carbocycles. The topological polar surface area (TPSA) is 42.0 Å². The second kappa shape index (κ2) is 7.94. The van der Waals surface area contributed by atoms with Crippen molar-refractivity contribution in [3.05, 3.63) is 29.6 Å². The van der Waals surface area contributed by atoms with Crippen LogP contribution in [0.2, 0.25) is 0 Å². The SMILES string of the molecule is COc1cccc(C(=O)N2CCCCC2CN2CCOCC2)c1F. The van der Waals surface area contributed by atoms with Crippen LogP contribution in [0.4, 0.5) is 4.39 Å². The van der Waals surface area contributed by atoms with Gasteiger partial charge in [-0.2, -0.15) is 0 Å². The first-order valence-electron chi connectivity index (χ1n) is 8.64. The molecule has 0 saturated carbocycles. The maximum Gasteiger partial charge on any atom is 0.257 e. The zero-order chi connectivity index (χ0) is 16.9. The van der Waals surface area contributed by atoms with Crippen LogP contribution in [0.25, 0.3) is 0 Å². The molecule has 1 unspecified atom stereocenters. The molecule has 24 heavy (non-hydrogen) atoms. The Kier molecular flexibility index (Phi) is 5.68. The average Bonchev–Trinajstić information content (AvgIpc) is 2.63. The van der Waals surface area contributed by atoms with Gasteiger partial charge in [0.1, 0.15) is 0 Å². The molecule has 2 heterocycles. The van der Waals surface area contributed by atoms with E-state index in [0.29, 0.717) is 6.54 Å². The normalized spacial score (nSPS) is 22.4. The number of methoxy groups -OCH3 is 1. The molecule has 0 bridgehead atoms. The third kappa shape index (κ3) is 3.70. The number of ether oxygens (including phenoxy) is 2. The number of nitrogens with zero attached hydrogens (tertiary/aromatic N) is 2. The zero-order valence-electron chi connectivity index (χ0n) is 14.2. The Labute approximate surface area is 142 Å². The number of likely N-dealkylation sites (tertiary alicyclic amines) is 1. The van der Waals surface area contributed by atoms with Gasteiger partial charge >= 0.3 is 0 Å².